The van der Waals surface area contributed by atoms with Crippen LogP contribution in [0.4, 0.5) is 13.2 Å². The first-order valence-electron chi connectivity index (χ1n) is 4.21. The lowest BCUT2D eigenvalue weighted by molar-refractivity contribution is -0.141. The van der Waals surface area contributed by atoms with Gasteiger partial charge in [-0.25, -0.2) is 4.98 Å². The second-order valence-corrected chi connectivity index (χ2v) is 4.28. The maximum Gasteiger partial charge on any atom is 0.433 e. The summed E-state index contributed by atoms with van der Waals surface area (Å²) in [6.07, 6.45) is -2.46. The van der Waals surface area contributed by atoms with Gasteiger partial charge in [0.05, 0.1) is 0 Å². The van der Waals surface area contributed by atoms with E-state index in [4.69, 9.17) is 0 Å². The summed E-state index contributed by atoms with van der Waals surface area (Å²) in [6, 6.07) is 2.67. The van der Waals surface area contributed by atoms with Gasteiger partial charge in [0.25, 0.3) is 0 Å². The number of halogens is 4. The smallest absolute Gasteiger partial charge is 0.248 e. The molecule has 0 atom stereocenters. The molecule has 14 heavy (non-hydrogen) atoms. The molecule has 1 heterocycles. The van der Waals surface area contributed by atoms with Crippen LogP contribution in [-0.4, -0.2) is 4.98 Å². The second-order valence-electron chi connectivity index (χ2n) is 3.37. The van der Waals surface area contributed by atoms with Crippen molar-refractivity contribution >= 4 is 15.9 Å². The predicted molar refractivity (Wildman–Crippen MR) is 48.9 cm³/mol. The van der Waals surface area contributed by atoms with Crippen molar-refractivity contribution in [2.24, 2.45) is 0 Å². The Morgan fingerprint density at radius 3 is 2.43 bits per heavy atom. The van der Waals surface area contributed by atoms with Crippen LogP contribution >= 0.6 is 15.9 Å². The zero-order chi connectivity index (χ0) is 10.3. The van der Waals surface area contributed by atoms with Gasteiger partial charge in [0.1, 0.15) is 5.69 Å². The van der Waals surface area contributed by atoms with E-state index < -0.39 is 11.9 Å². The van der Waals surface area contributed by atoms with Gasteiger partial charge >= 0.3 is 6.18 Å². The van der Waals surface area contributed by atoms with E-state index in [1.807, 2.05) is 0 Å². The molecule has 1 aromatic rings. The summed E-state index contributed by atoms with van der Waals surface area (Å²) in [5.74, 6) is 0.230. The summed E-state index contributed by atoms with van der Waals surface area (Å²) >= 11 is 3.06. The summed E-state index contributed by atoms with van der Waals surface area (Å²) in [5, 5.41) is 0. The number of hydrogen-bond donors (Lipinski definition) is 0. The normalized spacial score (nSPS) is 17.1. The Balaban J connectivity index is 2.41. The second kappa shape index (κ2) is 3.22. The fourth-order valence-corrected chi connectivity index (χ4v) is 1.70. The number of pyridine rings is 1. The Morgan fingerprint density at radius 1 is 1.29 bits per heavy atom. The Morgan fingerprint density at radius 2 is 1.93 bits per heavy atom. The van der Waals surface area contributed by atoms with E-state index in [0.717, 1.165) is 18.9 Å². The lowest BCUT2D eigenvalue weighted by Crippen LogP contribution is -2.09. The number of hydrogen-bond acceptors (Lipinski definition) is 1. The van der Waals surface area contributed by atoms with E-state index in [-0.39, 0.29) is 5.92 Å². The topological polar surface area (TPSA) is 12.9 Å². The minimum atomic E-state index is -4.35. The van der Waals surface area contributed by atoms with Gasteiger partial charge < -0.3 is 0 Å². The van der Waals surface area contributed by atoms with Crippen LogP contribution in [0.3, 0.4) is 0 Å². The van der Waals surface area contributed by atoms with Gasteiger partial charge in [-0.1, -0.05) is 15.9 Å². The Bertz CT molecular complexity index is 358. The molecule has 0 N–H and O–H groups in total. The van der Waals surface area contributed by atoms with Crippen molar-refractivity contribution in [2.75, 3.05) is 0 Å². The van der Waals surface area contributed by atoms with E-state index in [1.165, 1.54) is 0 Å². The highest BCUT2D eigenvalue weighted by Gasteiger charge is 2.35. The fraction of sp³-hybridized carbons (Fsp3) is 0.444. The molecular formula is C9H7BrF3N. The van der Waals surface area contributed by atoms with Crippen LogP contribution in [-0.2, 0) is 6.18 Å². The summed E-state index contributed by atoms with van der Waals surface area (Å²) in [4.78, 5) is 3.61. The van der Waals surface area contributed by atoms with E-state index in [9.17, 15) is 13.2 Å². The van der Waals surface area contributed by atoms with Gasteiger partial charge in [0, 0.05) is 16.1 Å². The van der Waals surface area contributed by atoms with Gasteiger partial charge in [-0.3, -0.25) is 0 Å². The average Bonchev–Trinajstić information content (AvgIpc) is 2.83. The fourth-order valence-electron chi connectivity index (χ4n) is 1.25. The molecule has 2 rings (SSSR count). The molecule has 0 radical (unpaired) electrons. The third kappa shape index (κ3) is 2.08. The summed E-state index contributed by atoms with van der Waals surface area (Å²) in [6.45, 7) is 0. The molecule has 0 aromatic carbocycles. The van der Waals surface area contributed by atoms with Crippen molar-refractivity contribution in [3.8, 4) is 0 Å². The molecule has 1 aliphatic rings. The maximum absolute atomic E-state index is 12.3. The standard InChI is InChI=1S/C9H7BrF3N/c10-6-3-7(5-1-2-5)14-8(4-6)9(11,12)13/h3-5H,1-2H2. The highest BCUT2D eigenvalue weighted by Crippen LogP contribution is 2.41. The first kappa shape index (κ1) is 9.96. The van der Waals surface area contributed by atoms with Crippen LogP contribution in [0.1, 0.15) is 30.1 Å². The quantitative estimate of drug-likeness (QED) is 0.754. The van der Waals surface area contributed by atoms with Crippen LogP contribution in [0.15, 0.2) is 16.6 Å². The third-order valence-electron chi connectivity index (χ3n) is 2.10. The molecule has 1 aromatic heterocycles. The molecule has 0 spiro atoms. The number of alkyl halides is 3. The molecule has 1 fully saturated rings. The molecular weight excluding hydrogens is 259 g/mol. The lowest BCUT2D eigenvalue weighted by atomic mass is 10.2. The van der Waals surface area contributed by atoms with E-state index in [2.05, 4.69) is 20.9 Å². The highest BCUT2D eigenvalue weighted by atomic mass is 79.9. The van der Waals surface area contributed by atoms with E-state index >= 15 is 0 Å². The van der Waals surface area contributed by atoms with Crippen LogP contribution in [0.25, 0.3) is 0 Å². The van der Waals surface area contributed by atoms with E-state index in [0.29, 0.717) is 10.2 Å². The largest absolute Gasteiger partial charge is 0.433 e. The monoisotopic (exact) mass is 265 g/mol. The average molecular weight is 266 g/mol. The molecule has 1 nitrogen and oxygen atoms in total. The van der Waals surface area contributed by atoms with Gasteiger partial charge in [-0.05, 0) is 25.0 Å². The molecule has 1 saturated carbocycles. The molecule has 0 amide bonds. The molecule has 0 saturated heterocycles. The van der Waals surface area contributed by atoms with E-state index in [1.54, 1.807) is 6.07 Å². The predicted octanol–water partition coefficient (Wildman–Crippen LogP) is 3.74. The van der Waals surface area contributed by atoms with Crippen molar-refractivity contribution in [2.45, 2.75) is 24.9 Å². The number of aromatic nitrogens is 1. The number of rotatable bonds is 1. The zero-order valence-corrected chi connectivity index (χ0v) is 8.69. The maximum atomic E-state index is 12.3. The Hall–Kier alpha value is -0.580. The molecule has 0 unspecified atom stereocenters. The SMILES string of the molecule is FC(F)(F)c1cc(Br)cc(C2CC2)n1. The van der Waals surface area contributed by atoms with Crippen molar-refractivity contribution in [1.29, 1.82) is 0 Å². The third-order valence-corrected chi connectivity index (χ3v) is 2.55. The Labute approximate surface area is 87.5 Å². The van der Waals surface area contributed by atoms with Crippen LogP contribution in [0.5, 0.6) is 0 Å². The first-order chi connectivity index (χ1) is 6.47. The van der Waals surface area contributed by atoms with Crippen molar-refractivity contribution in [3.05, 3.63) is 28.0 Å². The summed E-state index contributed by atoms with van der Waals surface area (Å²) < 4.78 is 37.5. The summed E-state index contributed by atoms with van der Waals surface area (Å²) in [7, 11) is 0. The minimum absolute atomic E-state index is 0.230. The van der Waals surface area contributed by atoms with Crippen LogP contribution in [0, 0.1) is 0 Å². The number of nitrogens with zero attached hydrogens (tertiary/aromatic N) is 1. The molecule has 76 valence electrons. The van der Waals surface area contributed by atoms with Gasteiger partial charge in [-0.2, -0.15) is 13.2 Å². The van der Waals surface area contributed by atoms with Crippen molar-refractivity contribution in [3.63, 3.8) is 0 Å². The zero-order valence-electron chi connectivity index (χ0n) is 7.11. The van der Waals surface area contributed by atoms with Crippen LogP contribution in [0.2, 0.25) is 0 Å². The van der Waals surface area contributed by atoms with Crippen molar-refractivity contribution < 1.29 is 13.2 Å². The molecule has 0 bridgehead atoms. The Kier molecular flexibility index (Phi) is 2.29. The highest BCUT2D eigenvalue weighted by molar-refractivity contribution is 9.10. The lowest BCUT2D eigenvalue weighted by Gasteiger charge is -2.08. The minimum Gasteiger partial charge on any atom is -0.248 e. The molecule has 5 heteroatoms. The van der Waals surface area contributed by atoms with Crippen molar-refractivity contribution in [1.82, 2.24) is 4.98 Å². The van der Waals surface area contributed by atoms with Gasteiger partial charge in [-0.15, -0.1) is 0 Å². The first-order valence-corrected chi connectivity index (χ1v) is 5.01. The van der Waals surface area contributed by atoms with Crippen LogP contribution < -0.4 is 0 Å². The summed E-state index contributed by atoms with van der Waals surface area (Å²) in [5.41, 5.74) is -0.263. The molecule has 0 aliphatic heterocycles. The van der Waals surface area contributed by atoms with Gasteiger partial charge in [0.2, 0.25) is 0 Å². The molecule has 1 aliphatic carbocycles. The van der Waals surface area contributed by atoms with Gasteiger partial charge in [0.15, 0.2) is 0 Å².